The van der Waals surface area contributed by atoms with Gasteiger partial charge in [-0.15, -0.1) is 6.58 Å². The summed E-state index contributed by atoms with van der Waals surface area (Å²) < 4.78 is 81.7. The summed E-state index contributed by atoms with van der Waals surface area (Å²) in [7, 11) is -2.71. The fourth-order valence-corrected chi connectivity index (χ4v) is 22.7. The zero-order valence-corrected chi connectivity index (χ0v) is 51.2. The molecule has 13 nitrogen and oxygen atoms in total. The summed E-state index contributed by atoms with van der Waals surface area (Å²) in [4.78, 5) is 13.1. The normalized spacial score (nSPS) is 37.5. The van der Waals surface area contributed by atoms with Crippen molar-refractivity contribution in [1.82, 2.24) is 0 Å². The molecule has 8 aliphatic heterocycles. The summed E-state index contributed by atoms with van der Waals surface area (Å²) in [6.07, 6.45) is 7.09. The van der Waals surface area contributed by atoms with Gasteiger partial charge in [-0.3, -0.25) is 4.79 Å². The van der Waals surface area contributed by atoms with Crippen LogP contribution in [0.15, 0.2) is 37.0 Å². The Labute approximate surface area is 450 Å². The molecule has 424 valence electrons. The highest BCUT2D eigenvalue weighted by molar-refractivity contribution is 6.74. The van der Waals surface area contributed by atoms with Gasteiger partial charge in [-0.2, -0.15) is 0 Å². The van der Waals surface area contributed by atoms with Gasteiger partial charge in [-0.25, -0.2) is 0 Å². The van der Waals surface area contributed by atoms with Crippen molar-refractivity contribution in [1.29, 1.82) is 0 Å². The minimum atomic E-state index is -2.01. The molecule has 8 fully saturated rings. The fourth-order valence-electron chi connectivity index (χ4n) is 14.3. The van der Waals surface area contributed by atoms with E-state index in [-0.39, 0.29) is 116 Å². The number of hydrogen-bond acceptors (Lipinski definition) is 13. The number of carbonyl (C=O) groups is 1. The molecule has 8 saturated heterocycles. The van der Waals surface area contributed by atoms with Gasteiger partial charge in [0.05, 0.1) is 81.2 Å². The lowest BCUT2D eigenvalue weighted by Gasteiger charge is -2.47. The molecule has 16 heteroatoms. The predicted molar refractivity (Wildman–Crippen MR) is 298 cm³/mol. The third-order valence-electron chi connectivity index (χ3n) is 19.9. The van der Waals surface area contributed by atoms with Crippen LogP contribution in [0.4, 0.5) is 0 Å². The number of methoxy groups -OCH3 is 2. The number of esters is 1. The molecule has 0 spiro atoms. The van der Waals surface area contributed by atoms with Crippen LogP contribution in [0.2, 0.25) is 54.4 Å². The second kappa shape index (κ2) is 26.4. The Balaban J connectivity index is 0.980. The molecule has 0 N–H and O–H groups in total. The molecule has 8 aliphatic rings. The summed E-state index contributed by atoms with van der Waals surface area (Å²) >= 11 is 0. The van der Waals surface area contributed by atoms with Crippen molar-refractivity contribution in [2.75, 3.05) is 20.8 Å². The molecule has 0 aromatic carbocycles. The molecule has 0 aliphatic carbocycles. The summed E-state index contributed by atoms with van der Waals surface area (Å²) in [5.41, 5.74) is 2.21. The van der Waals surface area contributed by atoms with Crippen LogP contribution in [0.3, 0.4) is 0 Å². The molecular weight excluding hydrogens is 989 g/mol. The molecule has 74 heavy (non-hydrogen) atoms. The highest BCUT2D eigenvalue weighted by atomic mass is 28.4. The van der Waals surface area contributed by atoms with E-state index in [1.807, 2.05) is 6.08 Å². The Morgan fingerprint density at radius 3 is 1.97 bits per heavy atom. The number of carbonyl (C=O) groups excluding carboxylic acids is 1. The van der Waals surface area contributed by atoms with E-state index in [2.05, 4.69) is 89.0 Å². The summed E-state index contributed by atoms with van der Waals surface area (Å²) in [6.45, 7) is 36.5. The molecule has 18 atom stereocenters. The SMILES string of the molecule is C=CCC1O[C@H]2C3O[C@]4(CCC5CC(=C)C(CCC6CC(C)C(=C)C(CC7OC(CC(CO[Si](CC)(CC)CC)O[Si](CC)(CC)CC)[C@H](OC)C7CC(=O)OC)O6)O5)C[C@H]3O[C@H]2C(O4)C1O[Si](CC)(CC)CC. The molecular formula is C58H102O13Si3. The maximum Gasteiger partial charge on any atom is 0.305 e. The molecule has 0 aromatic heterocycles. The summed E-state index contributed by atoms with van der Waals surface area (Å²) in [5.74, 6) is -1.00. The average Bonchev–Trinajstić information content (AvgIpc) is 4.10. The zero-order chi connectivity index (χ0) is 53.6. The smallest absolute Gasteiger partial charge is 0.305 e. The van der Waals surface area contributed by atoms with Gasteiger partial charge in [0.2, 0.25) is 0 Å². The minimum Gasteiger partial charge on any atom is -0.469 e. The molecule has 0 amide bonds. The van der Waals surface area contributed by atoms with Crippen LogP contribution >= 0.6 is 0 Å². The van der Waals surface area contributed by atoms with Crippen molar-refractivity contribution in [3.05, 3.63) is 37.0 Å². The van der Waals surface area contributed by atoms with Crippen molar-refractivity contribution in [3.8, 4) is 0 Å². The van der Waals surface area contributed by atoms with Crippen LogP contribution in [0.25, 0.3) is 0 Å². The third kappa shape index (κ3) is 13.1. The van der Waals surface area contributed by atoms with Crippen molar-refractivity contribution >= 4 is 30.9 Å². The first-order chi connectivity index (χ1) is 35.5. The maximum atomic E-state index is 13.1. The van der Waals surface area contributed by atoms with E-state index in [1.165, 1.54) is 7.11 Å². The number of ether oxygens (including phenoxy) is 9. The number of rotatable bonds is 31. The third-order valence-corrected chi connectivity index (χ3v) is 33.8. The fraction of sp³-hybridized carbons (Fsp3) is 0.879. The molecule has 8 heterocycles. The van der Waals surface area contributed by atoms with Crippen LogP contribution in [0, 0.1) is 11.8 Å². The van der Waals surface area contributed by atoms with Gasteiger partial charge in [0.25, 0.3) is 0 Å². The van der Waals surface area contributed by atoms with Crippen LogP contribution in [-0.4, -0.2) is 149 Å². The van der Waals surface area contributed by atoms with Crippen LogP contribution in [0.1, 0.15) is 140 Å². The lowest BCUT2D eigenvalue weighted by atomic mass is 9.82. The van der Waals surface area contributed by atoms with Gasteiger partial charge in [-0.1, -0.05) is 88.5 Å². The van der Waals surface area contributed by atoms with Crippen molar-refractivity contribution in [2.24, 2.45) is 11.8 Å². The van der Waals surface area contributed by atoms with E-state index in [0.717, 1.165) is 97.6 Å². The summed E-state index contributed by atoms with van der Waals surface area (Å²) in [5, 5.41) is 0. The topological polar surface area (TPSA) is 128 Å². The number of hydrogen-bond donors (Lipinski definition) is 0. The lowest BCUT2D eigenvalue weighted by Crippen LogP contribution is -2.62. The van der Waals surface area contributed by atoms with E-state index in [4.69, 9.17) is 55.9 Å². The minimum absolute atomic E-state index is 0.0147. The molecule has 0 saturated carbocycles. The molecule has 8 rings (SSSR count). The molecule has 6 bridgehead atoms. The van der Waals surface area contributed by atoms with Crippen molar-refractivity contribution in [2.45, 2.75) is 292 Å². The van der Waals surface area contributed by atoms with Gasteiger partial charge in [0, 0.05) is 38.7 Å². The Hall–Kier alpha value is -1.10. The van der Waals surface area contributed by atoms with E-state index >= 15 is 0 Å². The Bertz CT molecular complexity index is 1820. The Morgan fingerprint density at radius 1 is 0.716 bits per heavy atom. The van der Waals surface area contributed by atoms with E-state index in [9.17, 15) is 4.79 Å². The van der Waals surface area contributed by atoms with Crippen LogP contribution < -0.4 is 0 Å². The predicted octanol–water partition coefficient (Wildman–Crippen LogP) is 12.1. The van der Waals surface area contributed by atoms with E-state index < -0.39 is 30.7 Å². The van der Waals surface area contributed by atoms with Crippen LogP contribution in [-0.2, 0) is 60.7 Å². The second-order valence-corrected chi connectivity index (χ2v) is 37.7. The first-order valence-electron chi connectivity index (χ1n) is 29.7. The van der Waals surface area contributed by atoms with Gasteiger partial charge < -0.3 is 55.9 Å². The van der Waals surface area contributed by atoms with Crippen LogP contribution in [0.5, 0.6) is 0 Å². The highest BCUT2D eigenvalue weighted by Gasteiger charge is 2.68. The molecule has 13 unspecified atom stereocenters. The zero-order valence-electron chi connectivity index (χ0n) is 48.2. The van der Waals surface area contributed by atoms with Crippen molar-refractivity contribution in [3.63, 3.8) is 0 Å². The second-order valence-electron chi connectivity index (χ2n) is 23.5. The standard InChI is InChI=1S/C58H102O13Si3/c1-16-26-46-54(71-74(23-8,24-9)25-10)57-56-55(66-46)53-50(67-56)36-58(68-53,69-57)30-29-42-32-39(12)45(63-42)28-27-41-31-38(11)40(13)47(64-41)35-48-44(34-51(59)60-14)52(61-15)49(65-48)33-43(70-73(20-5,21-6)22-7)37-62-72(17-2,18-3)19-4/h16,38,41-50,52-57H,1,12-13,17-37H2,2-11,14-15H3/t38?,41?,42?,43?,44?,45?,46?,47?,48?,49?,50-,52-,53?,54?,55+,56-,57?,58+/m1/s1. The average molecular weight is 1090 g/mol. The quantitative estimate of drug-likeness (QED) is 0.0371. The maximum absolute atomic E-state index is 13.1. The van der Waals surface area contributed by atoms with Gasteiger partial charge in [0.1, 0.15) is 30.5 Å². The van der Waals surface area contributed by atoms with Gasteiger partial charge in [-0.05, 0) is 110 Å². The first kappa shape index (κ1) is 60.5. The van der Waals surface area contributed by atoms with Gasteiger partial charge >= 0.3 is 5.97 Å². The lowest BCUT2D eigenvalue weighted by molar-refractivity contribution is -0.271. The Kier molecular flexibility index (Phi) is 21.6. The van der Waals surface area contributed by atoms with Gasteiger partial charge in [0.15, 0.2) is 30.7 Å². The van der Waals surface area contributed by atoms with E-state index in [1.54, 1.807) is 7.11 Å². The Morgan fingerprint density at radius 2 is 1.35 bits per heavy atom. The highest BCUT2D eigenvalue weighted by Crippen LogP contribution is 2.54. The largest absolute Gasteiger partial charge is 0.469 e. The molecule has 0 radical (unpaired) electrons. The first-order valence-corrected chi connectivity index (χ1v) is 37.3. The monoisotopic (exact) mass is 1090 g/mol. The van der Waals surface area contributed by atoms with E-state index in [0.29, 0.717) is 38.7 Å². The van der Waals surface area contributed by atoms with Crippen molar-refractivity contribution < 1.29 is 60.7 Å². The molecule has 0 aromatic rings. The summed E-state index contributed by atoms with van der Waals surface area (Å²) in [6, 6.07) is 9.55.